The highest BCUT2D eigenvalue weighted by atomic mass is 16.2. The maximum absolute atomic E-state index is 11.9. The van der Waals surface area contributed by atoms with Crippen molar-refractivity contribution < 1.29 is 4.79 Å². The Morgan fingerprint density at radius 1 is 1.18 bits per heavy atom. The van der Waals surface area contributed by atoms with Crippen molar-refractivity contribution in [1.29, 1.82) is 0 Å². The molecule has 116 valence electrons. The van der Waals surface area contributed by atoms with Crippen molar-refractivity contribution in [3.63, 3.8) is 0 Å². The van der Waals surface area contributed by atoms with Gasteiger partial charge in [-0.15, -0.1) is 0 Å². The smallest absolute Gasteiger partial charge is 0.315 e. The average Bonchev–Trinajstić information content (AvgIpc) is 2.98. The first kappa shape index (κ1) is 14.7. The number of carbonyl (C=O) groups excluding carboxylic acids is 1. The van der Waals surface area contributed by atoms with Gasteiger partial charge >= 0.3 is 6.03 Å². The third kappa shape index (κ3) is 3.49. The van der Waals surface area contributed by atoms with E-state index in [9.17, 15) is 4.79 Å². The second-order valence-corrected chi connectivity index (χ2v) is 5.77. The Labute approximate surface area is 130 Å². The lowest BCUT2D eigenvalue weighted by molar-refractivity contribution is 0.172. The highest BCUT2D eigenvalue weighted by Crippen LogP contribution is 2.15. The fraction of sp³-hybridized carbons (Fsp3) is 0.353. The van der Waals surface area contributed by atoms with Gasteiger partial charge in [-0.05, 0) is 24.7 Å². The molecule has 1 aromatic heterocycles. The first-order valence-corrected chi connectivity index (χ1v) is 7.62. The zero-order valence-electron chi connectivity index (χ0n) is 12.8. The van der Waals surface area contributed by atoms with Gasteiger partial charge in [0.15, 0.2) is 0 Å². The summed E-state index contributed by atoms with van der Waals surface area (Å²) in [6.45, 7) is 3.03. The van der Waals surface area contributed by atoms with Crippen LogP contribution in [0.2, 0.25) is 0 Å². The summed E-state index contributed by atoms with van der Waals surface area (Å²) in [5.41, 5.74) is 2.43. The number of hydrogen-bond donors (Lipinski definition) is 2. The van der Waals surface area contributed by atoms with Gasteiger partial charge in [-0.1, -0.05) is 30.3 Å². The van der Waals surface area contributed by atoms with E-state index in [1.54, 1.807) is 0 Å². The summed E-state index contributed by atoms with van der Waals surface area (Å²) in [6, 6.07) is 14.3. The molecular weight excluding hydrogens is 276 g/mol. The summed E-state index contributed by atoms with van der Waals surface area (Å²) in [5.74, 6) is 0. The number of fused-ring (bicyclic) bond motifs is 1. The third-order valence-corrected chi connectivity index (χ3v) is 4.16. The van der Waals surface area contributed by atoms with Crippen molar-refractivity contribution in [2.24, 2.45) is 0 Å². The van der Waals surface area contributed by atoms with E-state index in [1.807, 2.05) is 30.3 Å². The van der Waals surface area contributed by atoms with Crippen molar-refractivity contribution in [2.45, 2.75) is 25.7 Å². The van der Waals surface area contributed by atoms with Gasteiger partial charge in [0.1, 0.15) is 0 Å². The number of nitrogens with zero attached hydrogens (tertiary/aromatic N) is 2. The highest BCUT2D eigenvalue weighted by molar-refractivity contribution is 5.73. The largest absolute Gasteiger partial charge is 0.349 e. The zero-order chi connectivity index (χ0) is 15.4. The van der Waals surface area contributed by atoms with Gasteiger partial charge in [-0.2, -0.15) is 0 Å². The lowest BCUT2D eigenvalue weighted by Gasteiger charge is -2.34. The quantitative estimate of drug-likeness (QED) is 0.904. The van der Waals surface area contributed by atoms with Crippen LogP contribution in [0.5, 0.6) is 0 Å². The molecule has 2 N–H and O–H groups in total. The molecule has 1 unspecified atom stereocenters. The van der Waals surface area contributed by atoms with Crippen LogP contribution < -0.4 is 10.6 Å². The molecule has 0 saturated heterocycles. The number of aromatic nitrogens is 1. The minimum atomic E-state index is -0.115. The Balaban J connectivity index is 1.45. The van der Waals surface area contributed by atoms with Crippen molar-refractivity contribution in [1.82, 2.24) is 20.1 Å². The summed E-state index contributed by atoms with van der Waals surface area (Å²) in [6.07, 6.45) is 2.10. The van der Waals surface area contributed by atoms with Crippen LogP contribution in [-0.4, -0.2) is 35.1 Å². The van der Waals surface area contributed by atoms with Gasteiger partial charge in [-0.25, -0.2) is 4.79 Å². The molecule has 5 nitrogen and oxygen atoms in total. The molecule has 3 rings (SSSR count). The van der Waals surface area contributed by atoms with Gasteiger partial charge in [-0.3, -0.25) is 4.90 Å². The molecule has 1 aliphatic heterocycles. The molecule has 5 heteroatoms. The van der Waals surface area contributed by atoms with E-state index in [4.69, 9.17) is 0 Å². The fourth-order valence-electron chi connectivity index (χ4n) is 2.79. The van der Waals surface area contributed by atoms with Crippen LogP contribution in [0, 0.1) is 0 Å². The number of likely N-dealkylation sites (N-methyl/N-ethyl adjacent to an activating group) is 1. The Morgan fingerprint density at radius 2 is 2.00 bits per heavy atom. The summed E-state index contributed by atoms with van der Waals surface area (Å²) >= 11 is 0. The van der Waals surface area contributed by atoms with Crippen molar-refractivity contribution in [2.75, 3.05) is 13.6 Å². The molecule has 2 heterocycles. The molecule has 1 atom stereocenters. The number of nitrogens with one attached hydrogen (secondary N) is 2. The Morgan fingerprint density at radius 3 is 2.82 bits per heavy atom. The Hall–Kier alpha value is -2.27. The first-order chi connectivity index (χ1) is 10.7. The first-order valence-electron chi connectivity index (χ1n) is 7.62. The molecule has 0 aliphatic carbocycles. The van der Waals surface area contributed by atoms with E-state index < -0.39 is 0 Å². The number of carbonyl (C=O) groups is 1. The zero-order valence-corrected chi connectivity index (χ0v) is 12.8. The van der Waals surface area contributed by atoms with Crippen LogP contribution in [0.1, 0.15) is 11.3 Å². The van der Waals surface area contributed by atoms with E-state index >= 15 is 0 Å². The molecule has 0 fully saturated rings. The van der Waals surface area contributed by atoms with E-state index in [0.717, 1.165) is 18.7 Å². The summed E-state index contributed by atoms with van der Waals surface area (Å²) in [5, 5.41) is 5.86. The van der Waals surface area contributed by atoms with Crippen molar-refractivity contribution in [3.05, 3.63) is 59.9 Å². The minimum Gasteiger partial charge on any atom is -0.349 e. The normalized spacial score (nSPS) is 17.8. The van der Waals surface area contributed by atoms with Crippen molar-refractivity contribution in [3.8, 4) is 0 Å². The van der Waals surface area contributed by atoms with Gasteiger partial charge in [0.05, 0.1) is 0 Å². The van der Waals surface area contributed by atoms with Crippen LogP contribution in [0.25, 0.3) is 0 Å². The van der Waals surface area contributed by atoms with Crippen LogP contribution in [0.15, 0.2) is 48.7 Å². The Bertz CT molecular complexity index is 623. The summed E-state index contributed by atoms with van der Waals surface area (Å²) < 4.78 is 2.26. The number of urea groups is 1. The van der Waals surface area contributed by atoms with Crippen LogP contribution in [-0.2, 0) is 19.6 Å². The van der Waals surface area contributed by atoms with E-state index in [2.05, 4.69) is 45.5 Å². The lowest BCUT2D eigenvalue weighted by atomic mass is 10.2. The standard InChI is InChI=1S/C17H22N4O/c1-20-12-15-8-5-9-21(15)13-16(20)11-19-17(22)18-10-14-6-3-2-4-7-14/h2-9,16H,10-13H2,1H3,(H2,18,19,22). The van der Waals surface area contributed by atoms with Gasteiger partial charge in [0.2, 0.25) is 0 Å². The number of rotatable bonds is 4. The lowest BCUT2D eigenvalue weighted by Crippen LogP contribution is -2.49. The van der Waals surface area contributed by atoms with E-state index in [-0.39, 0.29) is 6.03 Å². The van der Waals surface area contributed by atoms with Crippen molar-refractivity contribution >= 4 is 6.03 Å². The van der Waals surface area contributed by atoms with Gasteiger partial charge < -0.3 is 15.2 Å². The fourth-order valence-corrected chi connectivity index (χ4v) is 2.79. The second-order valence-electron chi connectivity index (χ2n) is 5.77. The molecule has 2 amide bonds. The Kier molecular flexibility index (Phi) is 4.44. The number of hydrogen-bond acceptors (Lipinski definition) is 2. The molecule has 0 spiro atoms. The van der Waals surface area contributed by atoms with Gasteiger partial charge in [0.25, 0.3) is 0 Å². The SMILES string of the molecule is CN1Cc2cccn2CC1CNC(=O)NCc1ccccc1. The molecule has 1 aliphatic rings. The van der Waals surface area contributed by atoms with Crippen LogP contribution in [0.3, 0.4) is 0 Å². The number of amides is 2. The van der Waals surface area contributed by atoms with E-state index in [1.165, 1.54) is 5.69 Å². The molecule has 22 heavy (non-hydrogen) atoms. The third-order valence-electron chi connectivity index (χ3n) is 4.16. The molecule has 0 bridgehead atoms. The molecule has 1 aromatic carbocycles. The average molecular weight is 298 g/mol. The summed E-state index contributed by atoms with van der Waals surface area (Å²) in [7, 11) is 2.10. The minimum absolute atomic E-state index is 0.115. The van der Waals surface area contributed by atoms with Crippen LogP contribution in [0.4, 0.5) is 4.79 Å². The molecular formula is C17H22N4O. The van der Waals surface area contributed by atoms with E-state index in [0.29, 0.717) is 19.1 Å². The molecule has 2 aromatic rings. The monoisotopic (exact) mass is 298 g/mol. The topological polar surface area (TPSA) is 49.3 Å². The summed E-state index contributed by atoms with van der Waals surface area (Å²) in [4.78, 5) is 14.2. The maximum Gasteiger partial charge on any atom is 0.315 e. The predicted octanol–water partition coefficient (Wildman–Crippen LogP) is 1.80. The van der Waals surface area contributed by atoms with Crippen LogP contribution >= 0.6 is 0 Å². The molecule has 0 saturated carbocycles. The maximum atomic E-state index is 11.9. The van der Waals surface area contributed by atoms with Gasteiger partial charge in [0, 0.05) is 44.1 Å². The molecule has 0 radical (unpaired) electrons. The predicted molar refractivity (Wildman–Crippen MR) is 86.4 cm³/mol. The second kappa shape index (κ2) is 6.66. The highest BCUT2D eigenvalue weighted by Gasteiger charge is 2.22. The number of benzene rings is 1.